The lowest BCUT2D eigenvalue weighted by Gasteiger charge is -2.55. The van der Waals surface area contributed by atoms with E-state index >= 15 is 0 Å². The average molecular weight is 327 g/mol. The Morgan fingerprint density at radius 2 is 2.12 bits per heavy atom. The van der Waals surface area contributed by atoms with Gasteiger partial charge in [-0.1, -0.05) is 33.3 Å². The Morgan fingerprint density at radius 3 is 2.88 bits per heavy atom. The van der Waals surface area contributed by atoms with Crippen molar-refractivity contribution in [2.45, 2.75) is 70.8 Å². The molecule has 0 unspecified atom stereocenters. The van der Waals surface area contributed by atoms with Crippen molar-refractivity contribution >= 4 is 5.69 Å². The summed E-state index contributed by atoms with van der Waals surface area (Å²) in [5.74, 6) is 1.77. The Balaban J connectivity index is 1.58. The number of unbranched alkanes of at least 4 members (excludes halogenated alkanes) is 1. The van der Waals surface area contributed by atoms with E-state index in [1.165, 1.54) is 57.3 Å². The summed E-state index contributed by atoms with van der Waals surface area (Å²) in [5.41, 5.74) is 4.94. The number of rotatable bonds is 6. The van der Waals surface area contributed by atoms with E-state index in [0.29, 0.717) is 5.41 Å². The summed E-state index contributed by atoms with van der Waals surface area (Å²) in [6.45, 7) is 11.1. The quantitative estimate of drug-likeness (QED) is 0.753. The molecule has 0 spiro atoms. The molecule has 2 bridgehead atoms. The van der Waals surface area contributed by atoms with Crippen molar-refractivity contribution in [1.82, 2.24) is 4.90 Å². The number of likely N-dealkylation sites (tertiary alicyclic amines) is 1. The highest BCUT2D eigenvalue weighted by Crippen LogP contribution is 2.49. The molecule has 0 radical (unpaired) electrons. The molecule has 24 heavy (non-hydrogen) atoms. The number of hydrogen-bond donors (Lipinski definition) is 1. The predicted octanol–water partition coefficient (Wildman–Crippen LogP) is 4.83. The molecule has 1 aromatic carbocycles. The molecule has 0 aromatic heterocycles. The average Bonchev–Trinajstić information content (AvgIpc) is 3.38. The van der Waals surface area contributed by atoms with Gasteiger partial charge in [0.15, 0.2) is 0 Å². The molecule has 3 aliphatic rings. The molecule has 3 atom stereocenters. The number of benzene rings is 1. The Bertz CT molecular complexity index is 592. The topological polar surface area (TPSA) is 15.3 Å². The molecule has 2 nitrogen and oxygen atoms in total. The first-order chi connectivity index (χ1) is 11.6. The van der Waals surface area contributed by atoms with Crippen LogP contribution in [0.25, 0.3) is 0 Å². The summed E-state index contributed by atoms with van der Waals surface area (Å²) in [7, 11) is 0. The van der Waals surface area contributed by atoms with Gasteiger partial charge in [-0.3, -0.25) is 4.90 Å². The molecule has 1 saturated carbocycles. The summed E-state index contributed by atoms with van der Waals surface area (Å²) < 4.78 is 0. The number of anilines is 1. The van der Waals surface area contributed by atoms with Crippen LogP contribution in [0.3, 0.4) is 0 Å². The molecule has 1 saturated heterocycles. The Labute approximate surface area is 148 Å². The summed E-state index contributed by atoms with van der Waals surface area (Å²) in [6.07, 6.45) is 8.03. The minimum absolute atomic E-state index is 0.362. The van der Waals surface area contributed by atoms with Gasteiger partial charge in [-0.25, -0.2) is 0 Å². The molecule has 0 amide bonds. The highest BCUT2D eigenvalue weighted by Gasteiger charge is 2.48. The van der Waals surface area contributed by atoms with Crippen LogP contribution in [0, 0.1) is 11.8 Å². The Hall–Kier alpha value is -1.02. The normalized spacial score (nSPS) is 32.5. The fourth-order valence-electron chi connectivity index (χ4n) is 5.09. The van der Waals surface area contributed by atoms with Gasteiger partial charge < -0.3 is 5.32 Å². The highest BCUT2D eigenvalue weighted by atomic mass is 15.2. The van der Waals surface area contributed by atoms with Crippen molar-refractivity contribution in [3.8, 4) is 0 Å². The van der Waals surface area contributed by atoms with E-state index in [-0.39, 0.29) is 0 Å². The van der Waals surface area contributed by atoms with Crippen LogP contribution in [0.1, 0.15) is 64.0 Å². The number of fused-ring (bicyclic) bond motifs is 4. The zero-order chi connectivity index (χ0) is 16.7. The maximum absolute atomic E-state index is 3.63. The van der Waals surface area contributed by atoms with Crippen LogP contribution < -0.4 is 5.32 Å². The summed E-state index contributed by atoms with van der Waals surface area (Å²) in [5, 5.41) is 3.63. The van der Waals surface area contributed by atoms with Crippen molar-refractivity contribution in [3.05, 3.63) is 29.3 Å². The predicted molar refractivity (Wildman–Crippen MR) is 103 cm³/mol. The van der Waals surface area contributed by atoms with Crippen molar-refractivity contribution in [3.63, 3.8) is 0 Å². The molecule has 132 valence electrons. The lowest BCUT2D eigenvalue weighted by atomic mass is 9.59. The molecule has 2 aliphatic carbocycles. The van der Waals surface area contributed by atoms with Crippen LogP contribution >= 0.6 is 0 Å². The number of hydrogen-bond acceptors (Lipinski definition) is 2. The summed E-state index contributed by atoms with van der Waals surface area (Å²) in [4.78, 5) is 2.83. The van der Waals surface area contributed by atoms with E-state index < -0.39 is 0 Å². The Kier molecular flexibility index (Phi) is 4.36. The van der Waals surface area contributed by atoms with Gasteiger partial charge in [0.2, 0.25) is 0 Å². The number of nitrogens with zero attached hydrogens (tertiary/aromatic N) is 1. The zero-order valence-corrected chi connectivity index (χ0v) is 15.8. The Morgan fingerprint density at radius 1 is 1.29 bits per heavy atom. The first-order valence-corrected chi connectivity index (χ1v) is 10.2. The van der Waals surface area contributed by atoms with E-state index in [2.05, 4.69) is 49.2 Å². The van der Waals surface area contributed by atoms with Gasteiger partial charge in [-0.2, -0.15) is 0 Å². The van der Waals surface area contributed by atoms with Gasteiger partial charge >= 0.3 is 0 Å². The van der Waals surface area contributed by atoms with Crippen LogP contribution in [-0.2, 0) is 11.8 Å². The molecular weight excluding hydrogens is 292 g/mol. The SMILES string of the molecule is CCCCNc1ccc2c(c1)[C@]1(C)CCN(CC3CC3)[C@H](C2)[C@H]1C. The second-order valence-corrected chi connectivity index (χ2v) is 8.82. The van der Waals surface area contributed by atoms with Crippen LogP contribution in [-0.4, -0.2) is 30.6 Å². The second kappa shape index (κ2) is 6.37. The van der Waals surface area contributed by atoms with Crippen LogP contribution in [0.5, 0.6) is 0 Å². The van der Waals surface area contributed by atoms with Crippen molar-refractivity contribution in [1.29, 1.82) is 0 Å². The standard InChI is InChI=1S/C22H34N2/c1-4-5-11-23-19-9-8-18-13-21-16(2)22(3,20(18)14-19)10-12-24(21)15-17-6-7-17/h8-9,14,16-17,21,23H,4-7,10-13,15H2,1-3H3/t16-,21-,22-/m1/s1. The maximum Gasteiger partial charge on any atom is 0.0343 e. The third kappa shape index (κ3) is 2.87. The minimum Gasteiger partial charge on any atom is -0.385 e. The summed E-state index contributed by atoms with van der Waals surface area (Å²) in [6, 6.07) is 7.97. The molecular formula is C22H34N2. The van der Waals surface area contributed by atoms with Crippen LogP contribution in [0.15, 0.2) is 18.2 Å². The molecule has 1 aromatic rings. The fraction of sp³-hybridized carbons (Fsp3) is 0.727. The van der Waals surface area contributed by atoms with E-state index in [1.807, 2.05) is 0 Å². The third-order valence-corrected chi connectivity index (χ3v) is 7.17. The first kappa shape index (κ1) is 16.4. The van der Waals surface area contributed by atoms with Crippen LogP contribution in [0.2, 0.25) is 0 Å². The number of nitrogens with one attached hydrogen (secondary N) is 1. The van der Waals surface area contributed by atoms with Gasteiger partial charge in [0.25, 0.3) is 0 Å². The van der Waals surface area contributed by atoms with E-state index in [0.717, 1.165) is 24.4 Å². The van der Waals surface area contributed by atoms with Gasteiger partial charge in [0.1, 0.15) is 0 Å². The van der Waals surface area contributed by atoms with Gasteiger partial charge in [0.05, 0.1) is 0 Å². The lowest BCUT2D eigenvalue weighted by Crippen LogP contribution is -2.58. The van der Waals surface area contributed by atoms with Gasteiger partial charge in [0, 0.05) is 24.8 Å². The van der Waals surface area contributed by atoms with E-state index in [1.54, 1.807) is 11.1 Å². The molecule has 1 heterocycles. The molecule has 2 fully saturated rings. The summed E-state index contributed by atoms with van der Waals surface area (Å²) >= 11 is 0. The molecule has 1 N–H and O–H groups in total. The molecule has 4 rings (SSSR count). The number of piperidine rings is 1. The molecule has 1 aliphatic heterocycles. The molecule has 2 heteroatoms. The van der Waals surface area contributed by atoms with Crippen LogP contribution in [0.4, 0.5) is 5.69 Å². The monoisotopic (exact) mass is 326 g/mol. The van der Waals surface area contributed by atoms with E-state index in [9.17, 15) is 0 Å². The smallest absolute Gasteiger partial charge is 0.0343 e. The van der Waals surface area contributed by atoms with Crippen molar-refractivity contribution in [2.24, 2.45) is 11.8 Å². The van der Waals surface area contributed by atoms with Crippen molar-refractivity contribution < 1.29 is 0 Å². The highest BCUT2D eigenvalue weighted by molar-refractivity contribution is 5.53. The minimum atomic E-state index is 0.362. The van der Waals surface area contributed by atoms with Crippen molar-refractivity contribution in [2.75, 3.05) is 25.0 Å². The second-order valence-electron chi connectivity index (χ2n) is 8.82. The van der Waals surface area contributed by atoms with Gasteiger partial charge in [-0.15, -0.1) is 0 Å². The fourth-order valence-corrected chi connectivity index (χ4v) is 5.09. The largest absolute Gasteiger partial charge is 0.385 e. The third-order valence-electron chi connectivity index (χ3n) is 7.17. The van der Waals surface area contributed by atoms with E-state index in [4.69, 9.17) is 0 Å². The zero-order valence-electron chi connectivity index (χ0n) is 15.8. The van der Waals surface area contributed by atoms with Gasteiger partial charge in [-0.05, 0) is 79.2 Å². The first-order valence-electron chi connectivity index (χ1n) is 10.2. The lowest BCUT2D eigenvalue weighted by molar-refractivity contribution is 0.0284. The maximum atomic E-state index is 3.63.